The Morgan fingerprint density at radius 2 is 2.10 bits per heavy atom. The Hall–Kier alpha value is -2.25. The molecule has 0 aliphatic rings. The molecule has 0 aliphatic carbocycles. The van der Waals surface area contributed by atoms with Crippen molar-refractivity contribution >= 4 is 11.3 Å². The quantitative estimate of drug-likeness (QED) is 0.763. The largest absolute Gasteiger partial charge is 0.508 e. The summed E-state index contributed by atoms with van der Waals surface area (Å²) in [7, 11) is 0. The molecule has 0 radical (unpaired) electrons. The first kappa shape index (κ1) is 12.8. The summed E-state index contributed by atoms with van der Waals surface area (Å²) in [6.45, 7) is 0. The zero-order chi connectivity index (χ0) is 13.9. The Kier molecular flexibility index (Phi) is 3.44. The number of rotatable bonds is 4. The van der Waals surface area contributed by atoms with E-state index in [0.29, 0.717) is 23.8 Å². The van der Waals surface area contributed by atoms with Gasteiger partial charge >= 0.3 is 0 Å². The van der Waals surface area contributed by atoms with Crippen LogP contribution in [0, 0.1) is 0 Å². The predicted molar refractivity (Wildman–Crippen MR) is 74.1 cm³/mol. The summed E-state index contributed by atoms with van der Waals surface area (Å²) >= 11 is 1.47. The molecule has 0 fully saturated rings. The average Bonchev–Trinajstić information content (AvgIpc) is 3.11. The van der Waals surface area contributed by atoms with Gasteiger partial charge in [-0.2, -0.15) is 4.98 Å². The fraction of sp³-hybridized carbons (Fsp3) is 0.154. The highest BCUT2D eigenvalue weighted by Crippen LogP contribution is 2.20. The molecule has 0 unspecified atom stereocenters. The summed E-state index contributed by atoms with van der Waals surface area (Å²) in [6.07, 6.45) is 0.555. The van der Waals surface area contributed by atoms with E-state index in [9.17, 15) is 5.11 Å². The maximum atomic E-state index is 9.24. The third-order valence-electron chi connectivity index (χ3n) is 2.81. The first-order valence-corrected chi connectivity index (χ1v) is 6.92. The summed E-state index contributed by atoms with van der Waals surface area (Å²) in [4.78, 5) is 8.38. The van der Waals surface area contributed by atoms with Crippen LogP contribution in [0.3, 0.4) is 0 Å². The van der Waals surface area contributed by atoms with Gasteiger partial charge < -0.3 is 15.4 Å². The topological polar surface area (TPSA) is 98.1 Å². The number of phenolic OH excluding ortho intramolecular Hbond substituents is 1. The second-order valence-corrected chi connectivity index (χ2v) is 5.03. The number of nitrogens with two attached hydrogens (primary N) is 1. The Labute approximate surface area is 118 Å². The molecule has 2 aromatic heterocycles. The molecule has 1 atom stereocenters. The maximum absolute atomic E-state index is 9.24. The minimum Gasteiger partial charge on any atom is -0.508 e. The Bertz CT molecular complexity index is 679. The monoisotopic (exact) mass is 288 g/mol. The van der Waals surface area contributed by atoms with Crippen molar-refractivity contribution in [1.82, 2.24) is 15.1 Å². The molecule has 6 nitrogen and oxygen atoms in total. The summed E-state index contributed by atoms with van der Waals surface area (Å²) in [5, 5.41) is 15.0. The molecule has 7 heteroatoms. The van der Waals surface area contributed by atoms with Crippen molar-refractivity contribution in [2.45, 2.75) is 12.5 Å². The van der Waals surface area contributed by atoms with Gasteiger partial charge in [-0.1, -0.05) is 17.3 Å². The van der Waals surface area contributed by atoms with Gasteiger partial charge in [0, 0.05) is 5.38 Å². The number of nitrogens with zero attached hydrogens (tertiary/aromatic N) is 3. The van der Waals surface area contributed by atoms with Crippen LogP contribution in [0.25, 0.3) is 11.5 Å². The van der Waals surface area contributed by atoms with Gasteiger partial charge in [0.15, 0.2) is 0 Å². The van der Waals surface area contributed by atoms with Crippen molar-refractivity contribution in [3.63, 3.8) is 0 Å². The normalized spacial score (nSPS) is 12.4. The van der Waals surface area contributed by atoms with Crippen LogP contribution in [0.5, 0.6) is 5.75 Å². The molecule has 0 saturated carbocycles. The van der Waals surface area contributed by atoms with E-state index in [1.54, 1.807) is 17.6 Å². The lowest BCUT2D eigenvalue weighted by Gasteiger charge is -2.06. The van der Waals surface area contributed by atoms with Gasteiger partial charge in [-0.3, -0.25) is 0 Å². The highest BCUT2D eigenvalue weighted by Gasteiger charge is 2.17. The lowest BCUT2D eigenvalue weighted by Crippen LogP contribution is -2.13. The lowest BCUT2D eigenvalue weighted by molar-refractivity contribution is 0.354. The van der Waals surface area contributed by atoms with Crippen LogP contribution in [0.1, 0.15) is 17.5 Å². The molecule has 0 aliphatic heterocycles. The Morgan fingerprint density at radius 3 is 2.80 bits per heavy atom. The van der Waals surface area contributed by atoms with E-state index in [1.807, 2.05) is 17.5 Å². The Balaban J connectivity index is 1.74. The van der Waals surface area contributed by atoms with Gasteiger partial charge in [0.1, 0.15) is 11.4 Å². The zero-order valence-corrected chi connectivity index (χ0v) is 11.2. The molecule has 1 aromatic carbocycles. The molecule has 3 rings (SSSR count). The van der Waals surface area contributed by atoms with Gasteiger partial charge in [0.25, 0.3) is 0 Å². The number of aromatic nitrogens is 3. The van der Waals surface area contributed by atoms with Crippen LogP contribution >= 0.6 is 11.3 Å². The van der Waals surface area contributed by atoms with Crippen molar-refractivity contribution in [3.05, 3.63) is 46.6 Å². The van der Waals surface area contributed by atoms with Crippen LogP contribution in [-0.4, -0.2) is 20.2 Å². The number of benzene rings is 1. The minimum absolute atomic E-state index is 0.228. The number of thiazole rings is 1. The van der Waals surface area contributed by atoms with E-state index in [1.165, 1.54) is 11.3 Å². The molecule has 20 heavy (non-hydrogen) atoms. The fourth-order valence-corrected chi connectivity index (χ4v) is 2.32. The van der Waals surface area contributed by atoms with Crippen molar-refractivity contribution < 1.29 is 9.63 Å². The highest BCUT2D eigenvalue weighted by atomic mass is 32.1. The molecule has 0 spiro atoms. The van der Waals surface area contributed by atoms with Crippen LogP contribution < -0.4 is 5.73 Å². The van der Waals surface area contributed by atoms with E-state index in [4.69, 9.17) is 10.3 Å². The number of hydrogen-bond acceptors (Lipinski definition) is 7. The summed E-state index contributed by atoms with van der Waals surface area (Å²) < 4.78 is 5.18. The smallest absolute Gasteiger partial charge is 0.244 e. The molecule has 0 bridgehead atoms. The SMILES string of the molecule is N[C@@H](Cc1ccc(O)cc1)c1nc(-c2cscn2)no1. The second-order valence-electron chi connectivity index (χ2n) is 4.31. The van der Waals surface area contributed by atoms with Gasteiger partial charge in [-0.05, 0) is 24.1 Å². The fourth-order valence-electron chi connectivity index (χ4n) is 1.79. The lowest BCUT2D eigenvalue weighted by atomic mass is 10.1. The minimum atomic E-state index is -0.389. The standard InChI is InChI=1S/C13H12N4O2S/c14-10(5-8-1-3-9(18)4-2-8)13-16-12(17-19-13)11-6-20-7-15-11/h1-4,6-7,10,18H,5,14H2/t10-/m0/s1. The zero-order valence-electron chi connectivity index (χ0n) is 10.4. The van der Waals surface area contributed by atoms with Crippen molar-refractivity contribution in [3.8, 4) is 17.3 Å². The van der Waals surface area contributed by atoms with Gasteiger partial charge in [0.2, 0.25) is 11.7 Å². The van der Waals surface area contributed by atoms with Crippen LogP contribution in [0.15, 0.2) is 39.7 Å². The molecule has 3 N–H and O–H groups in total. The highest BCUT2D eigenvalue weighted by molar-refractivity contribution is 7.07. The second kappa shape index (κ2) is 5.40. The molecular weight excluding hydrogens is 276 g/mol. The van der Waals surface area contributed by atoms with Gasteiger partial charge in [-0.25, -0.2) is 4.98 Å². The maximum Gasteiger partial charge on any atom is 0.244 e. The van der Waals surface area contributed by atoms with Crippen LogP contribution in [0.2, 0.25) is 0 Å². The van der Waals surface area contributed by atoms with E-state index < -0.39 is 0 Å². The van der Waals surface area contributed by atoms with Gasteiger partial charge in [0.05, 0.1) is 11.6 Å². The van der Waals surface area contributed by atoms with Crippen molar-refractivity contribution in [2.24, 2.45) is 5.73 Å². The average molecular weight is 288 g/mol. The predicted octanol–water partition coefficient (Wildman–Crippen LogP) is 2.14. The van der Waals surface area contributed by atoms with Crippen molar-refractivity contribution in [2.75, 3.05) is 0 Å². The summed E-state index contributed by atoms with van der Waals surface area (Å²) in [5.74, 6) is 1.05. The summed E-state index contributed by atoms with van der Waals surface area (Å²) in [6, 6.07) is 6.48. The summed E-state index contributed by atoms with van der Waals surface area (Å²) in [5.41, 5.74) is 9.44. The first-order chi connectivity index (χ1) is 9.72. The van der Waals surface area contributed by atoms with Crippen LogP contribution in [0.4, 0.5) is 0 Å². The van der Waals surface area contributed by atoms with E-state index in [-0.39, 0.29) is 11.8 Å². The van der Waals surface area contributed by atoms with E-state index >= 15 is 0 Å². The van der Waals surface area contributed by atoms with E-state index in [0.717, 1.165) is 5.56 Å². The molecule has 2 heterocycles. The molecule has 3 aromatic rings. The number of phenols is 1. The first-order valence-electron chi connectivity index (χ1n) is 5.98. The van der Waals surface area contributed by atoms with Crippen LogP contribution in [-0.2, 0) is 6.42 Å². The molecule has 0 saturated heterocycles. The number of aromatic hydroxyl groups is 1. The molecule has 102 valence electrons. The Morgan fingerprint density at radius 1 is 1.30 bits per heavy atom. The third kappa shape index (κ3) is 2.68. The van der Waals surface area contributed by atoms with E-state index in [2.05, 4.69) is 15.1 Å². The molecular formula is C13H12N4O2S. The van der Waals surface area contributed by atoms with Gasteiger partial charge in [-0.15, -0.1) is 11.3 Å². The number of hydrogen-bond donors (Lipinski definition) is 2. The third-order valence-corrected chi connectivity index (χ3v) is 3.40. The molecule has 0 amide bonds. The van der Waals surface area contributed by atoms with Crippen molar-refractivity contribution in [1.29, 1.82) is 0 Å².